The van der Waals surface area contributed by atoms with Crippen molar-refractivity contribution in [1.29, 1.82) is 0 Å². The third-order valence-electron chi connectivity index (χ3n) is 3.02. The standard InChI is InChI=1S/C12H15Cl2NO4S/c1-18-11-5-10(14)12(6-9(11)13)20(16,17)15-7-8-3-2-4-19-8/h5-6,8,15H,2-4,7H2,1H3. The van der Waals surface area contributed by atoms with Gasteiger partial charge in [0.05, 0.1) is 23.3 Å². The largest absolute Gasteiger partial charge is 0.495 e. The van der Waals surface area contributed by atoms with E-state index in [4.69, 9.17) is 32.7 Å². The van der Waals surface area contributed by atoms with Crippen LogP contribution < -0.4 is 9.46 Å². The predicted octanol–water partition coefficient (Wildman–Crippen LogP) is 2.46. The third-order valence-corrected chi connectivity index (χ3v) is 5.20. The van der Waals surface area contributed by atoms with E-state index in [1.54, 1.807) is 0 Å². The summed E-state index contributed by atoms with van der Waals surface area (Å²) in [6.45, 7) is 0.893. The Labute approximate surface area is 128 Å². The molecule has 0 amide bonds. The van der Waals surface area contributed by atoms with Crippen LogP contribution in [0.25, 0.3) is 0 Å². The molecule has 5 nitrogen and oxygen atoms in total. The van der Waals surface area contributed by atoms with Crippen LogP contribution in [0.15, 0.2) is 17.0 Å². The van der Waals surface area contributed by atoms with Gasteiger partial charge in [-0.25, -0.2) is 13.1 Å². The summed E-state index contributed by atoms with van der Waals surface area (Å²) in [5.74, 6) is 0.328. The lowest BCUT2D eigenvalue weighted by atomic mass is 10.2. The average molecular weight is 340 g/mol. The Morgan fingerprint density at radius 1 is 1.40 bits per heavy atom. The zero-order chi connectivity index (χ0) is 14.8. The first-order chi connectivity index (χ1) is 9.44. The van der Waals surface area contributed by atoms with Crippen molar-refractivity contribution in [3.63, 3.8) is 0 Å². The SMILES string of the molecule is COc1cc(Cl)c(S(=O)(=O)NCC2CCCO2)cc1Cl. The number of methoxy groups -OCH3 is 1. The second-order valence-electron chi connectivity index (χ2n) is 4.40. The minimum Gasteiger partial charge on any atom is -0.495 e. The molecule has 1 N–H and O–H groups in total. The first kappa shape index (κ1) is 15.9. The van der Waals surface area contributed by atoms with Gasteiger partial charge in [-0.3, -0.25) is 0 Å². The summed E-state index contributed by atoms with van der Waals surface area (Å²) in [5.41, 5.74) is 0. The molecule has 1 atom stereocenters. The van der Waals surface area contributed by atoms with Gasteiger partial charge < -0.3 is 9.47 Å². The van der Waals surface area contributed by atoms with E-state index >= 15 is 0 Å². The Kier molecular flexibility index (Phi) is 5.14. The molecule has 2 rings (SSSR count). The highest BCUT2D eigenvalue weighted by atomic mass is 35.5. The number of halogens is 2. The number of hydrogen-bond acceptors (Lipinski definition) is 4. The lowest BCUT2D eigenvalue weighted by Gasteiger charge is -2.13. The van der Waals surface area contributed by atoms with Gasteiger partial charge in [0, 0.05) is 19.2 Å². The maximum Gasteiger partial charge on any atom is 0.242 e. The summed E-state index contributed by atoms with van der Waals surface area (Å²) in [4.78, 5) is -0.0667. The van der Waals surface area contributed by atoms with Gasteiger partial charge in [0.15, 0.2) is 0 Å². The van der Waals surface area contributed by atoms with Crippen LogP contribution in [0.4, 0.5) is 0 Å². The minimum atomic E-state index is -3.73. The lowest BCUT2D eigenvalue weighted by Crippen LogP contribution is -2.32. The molecule has 0 spiro atoms. The molecule has 1 heterocycles. The molecule has 1 unspecified atom stereocenters. The Morgan fingerprint density at radius 3 is 2.75 bits per heavy atom. The van der Waals surface area contributed by atoms with Gasteiger partial charge in [-0.15, -0.1) is 0 Å². The zero-order valence-electron chi connectivity index (χ0n) is 10.9. The number of nitrogens with one attached hydrogen (secondary N) is 1. The molecule has 1 aromatic rings. The second kappa shape index (κ2) is 6.49. The fourth-order valence-corrected chi connectivity index (χ4v) is 3.87. The monoisotopic (exact) mass is 339 g/mol. The summed E-state index contributed by atoms with van der Waals surface area (Å²) >= 11 is 11.9. The van der Waals surface area contributed by atoms with E-state index in [1.807, 2.05) is 0 Å². The maximum atomic E-state index is 12.2. The molecule has 0 bridgehead atoms. The van der Waals surface area contributed by atoms with Gasteiger partial charge in [-0.1, -0.05) is 23.2 Å². The minimum absolute atomic E-state index is 0.0612. The van der Waals surface area contributed by atoms with Gasteiger partial charge in [-0.2, -0.15) is 0 Å². The van der Waals surface area contributed by atoms with Crippen molar-refractivity contribution >= 4 is 33.2 Å². The molecule has 8 heteroatoms. The van der Waals surface area contributed by atoms with Gasteiger partial charge >= 0.3 is 0 Å². The van der Waals surface area contributed by atoms with Gasteiger partial charge in [0.25, 0.3) is 0 Å². The van der Waals surface area contributed by atoms with Crippen molar-refractivity contribution in [2.45, 2.75) is 23.8 Å². The van der Waals surface area contributed by atoms with Crippen LogP contribution in [0.3, 0.4) is 0 Å². The predicted molar refractivity (Wildman–Crippen MR) is 77.2 cm³/mol. The first-order valence-electron chi connectivity index (χ1n) is 6.08. The average Bonchev–Trinajstić information content (AvgIpc) is 2.92. The van der Waals surface area contributed by atoms with E-state index in [2.05, 4.69) is 4.72 Å². The fraction of sp³-hybridized carbons (Fsp3) is 0.500. The molecular formula is C12H15Cl2NO4S. The van der Waals surface area contributed by atoms with E-state index in [-0.39, 0.29) is 27.6 Å². The highest BCUT2D eigenvalue weighted by Crippen LogP contribution is 2.33. The molecule has 1 saturated heterocycles. The van der Waals surface area contributed by atoms with Crippen LogP contribution in [0, 0.1) is 0 Å². The van der Waals surface area contributed by atoms with Crippen LogP contribution in [0.2, 0.25) is 10.0 Å². The molecule has 0 radical (unpaired) electrons. The summed E-state index contributed by atoms with van der Waals surface area (Å²) in [6.07, 6.45) is 1.71. The van der Waals surface area contributed by atoms with Crippen molar-refractivity contribution in [2.24, 2.45) is 0 Å². The number of benzene rings is 1. The number of sulfonamides is 1. The van der Waals surface area contributed by atoms with E-state index < -0.39 is 10.0 Å². The smallest absolute Gasteiger partial charge is 0.242 e. The van der Waals surface area contributed by atoms with Crippen LogP contribution in [-0.2, 0) is 14.8 Å². The first-order valence-corrected chi connectivity index (χ1v) is 8.32. The molecule has 1 aliphatic rings. The van der Waals surface area contributed by atoms with Crippen LogP contribution in [0.1, 0.15) is 12.8 Å². The topological polar surface area (TPSA) is 64.6 Å². The molecule has 0 saturated carbocycles. The Morgan fingerprint density at radius 2 is 2.15 bits per heavy atom. The quantitative estimate of drug-likeness (QED) is 0.894. The molecular weight excluding hydrogens is 325 g/mol. The van der Waals surface area contributed by atoms with Crippen molar-refractivity contribution < 1.29 is 17.9 Å². The highest BCUT2D eigenvalue weighted by Gasteiger charge is 2.23. The summed E-state index contributed by atoms with van der Waals surface area (Å²) in [7, 11) is -2.30. The summed E-state index contributed by atoms with van der Waals surface area (Å²) in [5, 5.41) is 0.250. The summed E-state index contributed by atoms with van der Waals surface area (Å²) in [6, 6.07) is 2.66. The molecule has 1 fully saturated rings. The highest BCUT2D eigenvalue weighted by molar-refractivity contribution is 7.89. The number of hydrogen-bond donors (Lipinski definition) is 1. The third kappa shape index (κ3) is 3.56. The van der Waals surface area contributed by atoms with Gasteiger partial charge in [0.1, 0.15) is 10.6 Å². The van der Waals surface area contributed by atoms with Crippen molar-refractivity contribution in [2.75, 3.05) is 20.3 Å². The molecule has 0 aromatic heterocycles. The van der Waals surface area contributed by atoms with Crippen molar-refractivity contribution in [1.82, 2.24) is 4.72 Å². The Hall–Kier alpha value is -0.530. The van der Waals surface area contributed by atoms with E-state index in [0.29, 0.717) is 12.4 Å². The van der Waals surface area contributed by atoms with Gasteiger partial charge in [-0.05, 0) is 18.9 Å². The van der Waals surface area contributed by atoms with E-state index in [0.717, 1.165) is 12.8 Å². The maximum absolute atomic E-state index is 12.2. The Balaban J connectivity index is 2.18. The van der Waals surface area contributed by atoms with Crippen molar-refractivity contribution in [3.8, 4) is 5.75 Å². The van der Waals surface area contributed by atoms with E-state index in [9.17, 15) is 8.42 Å². The molecule has 1 aromatic carbocycles. The molecule has 112 valence electrons. The fourth-order valence-electron chi connectivity index (χ4n) is 1.96. The molecule has 20 heavy (non-hydrogen) atoms. The summed E-state index contributed by atoms with van der Waals surface area (Å²) < 4.78 is 37.3. The zero-order valence-corrected chi connectivity index (χ0v) is 13.2. The Bertz CT molecular complexity index is 585. The lowest BCUT2D eigenvalue weighted by molar-refractivity contribution is 0.114. The van der Waals surface area contributed by atoms with Gasteiger partial charge in [0.2, 0.25) is 10.0 Å². The number of ether oxygens (including phenoxy) is 2. The van der Waals surface area contributed by atoms with E-state index in [1.165, 1.54) is 19.2 Å². The van der Waals surface area contributed by atoms with Crippen LogP contribution >= 0.6 is 23.2 Å². The van der Waals surface area contributed by atoms with Crippen LogP contribution in [-0.4, -0.2) is 34.8 Å². The normalized spacial score (nSPS) is 19.2. The number of rotatable bonds is 5. The van der Waals surface area contributed by atoms with Crippen molar-refractivity contribution in [3.05, 3.63) is 22.2 Å². The molecule has 1 aliphatic heterocycles. The molecule has 0 aliphatic carbocycles. The van der Waals surface area contributed by atoms with Crippen LogP contribution in [0.5, 0.6) is 5.75 Å². The second-order valence-corrected chi connectivity index (χ2v) is 6.95.